The van der Waals surface area contributed by atoms with Crippen LogP contribution in [0.4, 0.5) is 0 Å². The number of sulfone groups is 1. The highest BCUT2D eigenvalue weighted by Crippen LogP contribution is 2.18. The van der Waals surface area contributed by atoms with Gasteiger partial charge in [0.05, 0.1) is 5.75 Å². The molecule has 0 saturated carbocycles. The summed E-state index contributed by atoms with van der Waals surface area (Å²) >= 11 is 0. The summed E-state index contributed by atoms with van der Waals surface area (Å²) in [6.45, 7) is 3.09. The average Bonchev–Trinajstić information content (AvgIpc) is 2.43. The fourth-order valence-corrected chi connectivity index (χ4v) is 3.59. The molecule has 1 N–H and O–H groups in total. The summed E-state index contributed by atoms with van der Waals surface area (Å²) in [5.74, 6) is 0.495. The molecule has 2 rings (SSSR count). The number of benzene rings is 2. The smallest absolute Gasteiger partial charge is 0.151 e. The zero-order valence-electron chi connectivity index (χ0n) is 11.8. The lowest BCUT2D eigenvalue weighted by Gasteiger charge is -2.08. The van der Waals surface area contributed by atoms with Gasteiger partial charge < -0.3 is 5.32 Å². The molecule has 0 fully saturated rings. The maximum absolute atomic E-state index is 11.6. The molecule has 108 valence electrons. The van der Waals surface area contributed by atoms with Gasteiger partial charge in [-0.1, -0.05) is 49.4 Å². The van der Waals surface area contributed by atoms with Gasteiger partial charge in [-0.2, -0.15) is 0 Å². The van der Waals surface area contributed by atoms with Gasteiger partial charge in [0.15, 0.2) is 9.84 Å². The van der Waals surface area contributed by atoms with E-state index in [0.29, 0.717) is 19.5 Å². The average molecular weight is 291 g/mol. The molecular formula is C16H21NO2S. The molecule has 0 aromatic heterocycles. The van der Waals surface area contributed by atoms with E-state index in [2.05, 4.69) is 29.6 Å². The van der Waals surface area contributed by atoms with Crippen LogP contribution in [0.5, 0.6) is 0 Å². The van der Waals surface area contributed by atoms with Gasteiger partial charge in [0.25, 0.3) is 0 Å². The lowest BCUT2D eigenvalue weighted by atomic mass is 10.0. The number of rotatable bonds is 7. The summed E-state index contributed by atoms with van der Waals surface area (Å²) in [6, 6.07) is 14.4. The molecule has 2 aromatic carbocycles. The van der Waals surface area contributed by atoms with Crippen LogP contribution in [0.15, 0.2) is 42.5 Å². The van der Waals surface area contributed by atoms with Crippen LogP contribution in [0.1, 0.15) is 18.9 Å². The Balaban J connectivity index is 1.94. The highest BCUT2D eigenvalue weighted by atomic mass is 32.2. The molecule has 0 bridgehead atoms. The van der Waals surface area contributed by atoms with Gasteiger partial charge in [0.1, 0.15) is 0 Å². The SMILES string of the molecule is CCCS(=O)(=O)CCNCc1cccc2ccccc12. The van der Waals surface area contributed by atoms with Gasteiger partial charge in [-0.3, -0.25) is 0 Å². The van der Waals surface area contributed by atoms with Gasteiger partial charge in [-0.05, 0) is 22.8 Å². The molecule has 3 nitrogen and oxygen atoms in total. The molecule has 0 aliphatic heterocycles. The molecule has 0 atom stereocenters. The summed E-state index contributed by atoms with van der Waals surface area (Å²) in [5, 5.41) is 5.66. The zero-order valence-corrected chi connectivity index (χ0v) is 12.6. The van der Waals surface area contributed by atoms with E-state index in [0.717, 1.165) is 0 Å². The normalized spacial score (nSPS) is 11.8. The van der Waals surface area contributed by atoms with E-state index in [4.69, 9.17) is 0 Å². The Morgan fingerprint density at radius 1 is 1.00 bits per heavy atom. The summed E-state index contributed by atoms with van der Waals surface area (Å²) < 4.78 is 23.2. The van der Waals surface area contributed by atoms with Crippen molar-refractivity contribution in [1.82, 2.24) is 5.32 Å². The van der Waals surface area contributed by atoms with Crippen LogP contribution in [-0.2, 0) is 16.4 Å². The van der Waals surface area contributed by atoms with Crippen molar-refractivity contribution in [3.63, 3.8) is 0 Å². The van der Waals surface area contributed by atoms with Gasteiger partial charge in [0, 0.05) is 18.8 Å². The number of hydrogen-bond donors (Lipinski definition) is 1. The Bertz CT molecular complexity index is 660. The molecule has 0 heterocycles. The summed E-state index contributed by atoms with van der Waals surface area (Å²) in [6.07, 6.45) is 0.686. The Labute approximate surface area is 120 Å². The Morgan fingerprint density at radius 2 is 1.75 bits per heavy atom. The maximum Gasteiger partial charge on any atom is 0.151 e. The van der Waals surface area contributed by atoms with Gasteiger partial charge in [0.2, 0.25) is 0 Å². The van der Waals surface area contributed by atoms with Crippen molar-refractivity contribution in [3.8, 4) is 0 Å². The molecule has 0 unspecified atom stereocenters. The highest BCUT2D eigenvalue weighted by molar-refractivity contribution is 7.91. The number of fused-ring (bicyclic) bond motifs is 1. The minimum Gasteiger partial charge on any atom is -0.312 e. The van der Waals surface area contributed by atoms with E-state index < -0.39 is 9.84 Å². The summed E-state index contributed by atoms with van der Waals surface area (Å²) in [7, 11) is -2.89. The van der Waals surface area contributed by atoms with Crippen molar-refractivity contribution in [2.45, 2.75) is 19.9 Å². The first-order valence-corrected chi connectivity index (χ1v) is 8.82. The Hall–Kier alpha value is -1.39. The quantitative estimate of drug-likeness (QED) is 0.798. The largest absolute Gasteiger partial charge is 0.312 e. The van der Waals surface area contributed by atoms with Crippen LogP contribution >= 0.6 is 0 Å². The van der Waals surface area contributed by atoms with Crippen molar-refractivity contribution < 1.29 is 8.42 Å². The van der Waals surface area contributed by atoms with E-state index in [1.807, 2.05) is 25.1 Å². The molecular weight excluding hydrogens is 270 g/mol. The minimum atomic E-state index is -2.89. The third-order valence-electron chi connectivity index (χ3n) is 3.30. The second-order valence-corrected chi connectivity index (χ2v) is 7.27. The molecule has 0 aliphatic carbocycles. The topological polar surface area (TPSA) is 46.2 Å². The zero-order chi connectivity index (χ0) is 14.4. The molecule has 0 amide bonds. The first kappa shape index (κ1) is 15.0. The Kier molecular flexibility index (Phi) is 5.15. The van der Waals surface area contributed by atoms with Crippen molar-refractivity contribution in [3.05, 3.63) is 48.0 Å². The van der Waals surface area contributed by atoms with E-state index >= 15 is 0 Å². The van der Waals surface area contributed by atoms with E-state index in [1.165, 1.54) is 16.3 Å². The molecule has 0 radical (unpaired) electrons. The molecule has 0 spiro atoms. The van der Waals surface area contributed by atoms with Gasteiger partial charge in [-0.15, -0.1) is 0 Å². The van der Waals surface area contributed by atoms with Crippen molar-refractivity contribution >= 4 is 20.6 Å². The fourth-order valence-electron chi connectivity index (χ4n) is 2.31. The molecule has 0 saturated heterocycles. The third-order valence-corrected chi connectivity index (χ3v) is 5.16. The summed E-state index contributed by atoms with van der Waals surface area (Å²) in [4.78, 5) is 0. The molecule has 2 aromatic rings. The van der Waals surface area contributed by atoms with Gasteiger partial charge in [-0.25, -0.2) is 8.42 Å². The monoisotopic (exact) mass is 291 g/mol. The summed E-state index contributed by atoms with van der Waals surface area (Å²) in [5.41, 5.74) is 1.20. The molecule has 20 heavy (non-hydrogen) atoms. The van der Waals surface area contributed by atoms with Crippen LogP contribution in [0.3, 0.4) is 0 Å². The second kappa shape index (κ2) is 6.86. The fraction of sp³-hybridized carbons (Fsp3) is 0.375. The molecule has 4 heteroatoms. The number of hydrogen-bond acceptors (Lipinski definition) is 3. The first-order valence-electron chi connectivity index (χ1n) is 7.00. The number of nitrogens with one attached hydrogen (secondary N) is 1. The third kappa shape index (κ3) is 4.05. The minimum absolute atomic E-state index is 0.214. The highest BCUT2D eigenvalue weighted by Gasteiger charge is 2.08. The standard InChI is InChI=1S/C16H21NO2S/c1-2-11-20(18,19)12-10-17-13-15-8-5-7-14-6-3-4-9-16(14)15/h3-9,17H,2,10-13H2,1H3. The van der Waals surface area contributed by atoms with Crippen molar-refractivity contribution in [1.29, 1.82) is 0 Å². The van der Waals surface area contributed by atoms with E-state index in [1.54, 1.807) is 0 Å². The molecule has 0 aliphatic rings. The lowest BCUT2D eigenvalue weighted by Crippen LogP contribution is -2.24. The van der Waals surface area contributed by atoms with Crippen LogP contribution in [0, 0.1) is 0 Å². The van der Waals surface area contributed by atoms with E-state index in [-0.39, 0.29) is 11.5 Å². The van der Waals surface area contributed by atoms with Crippen molar-refractivity contribution in [2.75, 3.05) is 18.1 Å². The van der Waals surface area contributed by atoms with E-state index in [9.17, 15) is 8.42 Å². The van der Waals surface area contributed by atoms with Crippen LogP contribution in [0.2, 0.25) is 0 Å². The van der Waals surface area contributed by atoms with Crippen LogP contribution in [-0.4, -0.2) is 26.5 Å². The first-order chi connectivity index (χ1) is 9.62. The van der Waals surface area contributed by atoms with Gasteiger partial charge >= 0.3 is 0 Å². The maximum atomic E-state index is 11.6. The Morgan fingerprint density at radius 3 is 2.55 bits per heavy atom. The lowest BCUT2D eigenvalue weighted by molar-refractivity contribution is 0.589. The predicted molar refractivity (Wildman–Crippen MR) is 84.6 cm³/mol. The van der Waals surface area contributed by atoms with Crippen LogP contribution < -0.4 is 5.32 Å². The van der Waals surface area contributed by atoms with Crippen molar-refractivity contribution in [2.24, 2.45) is 0 Å². The predicted octanol–water partition coefficient (Wildman–Crippen LogP) is 2.75. The second-order valence-electron chi connectivity index (χ2n) is 4.97. The van der Waals surface area contributed by atoms with Crippen LogP contribution in [0.25, 0.3) is 10.8 Å².